The van der Waals surface area contributed by atoms with Gasteiger partial charge in [-0.05, 0) is 26.2 Å². The van der Waals surface area contributed by atoms with Crippen molar-refractivity contribution in [3.8, 4) is 0 Å². The monoisotopic (exact) mass is 169 g/mol. The molecule has 2 nitrogen and oxygen atoms in total. The maximum absolute atomic E-state index is 5.57. The average molecular weight is 169 g/mol. The van der Waals surface area contributed by atoms with E-state index in [0.717, 1.165) is 19.7 Å². The van der Waals surface area contributed by atoms with Crippen LogP contribution in [0.25, 0.3) is 0 Å². The van der Waals surface area contributed by atoms with E-state index in [9.17, 15) is 0 Å². The van der Waals surface area contributed by atoms with Gasteiger partial charge in [0.05, 0.1) is 6.10 Å². The lowest BCUT2D eigenvalue weighted by atomic mass is 10.1. The van der Waals surface area contributed by atoms with E-state index in [0.29, 0.717) is 6.10 Å². The third-order valence-corrected chi connectivity index (χ3v) is 2.07. The summed E-state index contributed by atoms with van der Waals surface area (Å²) in [6, 6.07) is 0. The van der Waals surface area contributed by atoms with Crippen molar-refractivity contribution in [3.05, 3.63) is 12.2 Å². The predicted octanol–water partition coefficient (Wildman–Crippen LogP) is 1.72. The van der Waals surface area contributed by atoms with Gasteiger partial charge in [-0.15, -0.1) is 0 Å². The SMILES string of the molecule is C=C(C)CNCC1CCCCO1. The molecule has 1 aliphatic rings. The van der Waals surface area contributed by atoms with Crippen LogP contribution in [0.15, 0.2) is 12.2 Å². The molecule has 0 saturated carbocycles. The molecule has 70 valence electrons. The summed E-state index contributed by atoms with van der Waals surface area (Å²) < 4.78 is 5.57. The Morgan fingerprint density at radius 1 is 1.58 bits per heavy atom. The predicted molar refractivity (Wildman–Crippen MR) is 51.3 cm³/mol. The molecular weight excluding hydrogens is 150 g/mol. The fraction of sp³-hybridized carbons (Fsp3) is 0.800. The van der Waals surface area contributed by atoms with E-state index < -0.39 is 0 Å². The van der Waals surface area contributed by atoms with Crippen molar-refractivity contribution in [1.82, 2.24) is 5.32 Å². The topological polar surface area (TPSA) is 21.3 Å². The minimum absolute atomic E-state index is 0.443. The summed E-state index contributed by atoms with van der Waals surface area (Å²) in [4.78, 5) is 0. The third-order valence-electron chi connectivity index (χ3n) is 2.07. The van der Waals surface area contributed by atoms with Crippen LogP contribution in [0.1, 0.15) is 26.2 Å². The molecule has 0 radical (unpaired) electrons. The molecule has 1 heterocycles. The van der Waals surface area contributed by atoms with Crippen LogP contribution in [0.5, 0.6) is 0 Å². The fourth-order valence-corrected chi connectivity index (χ4v) is 1.41. The Bertz CT molecular complexity index is 139. The number of ether oxygens (including phenoxy) is 1. The molecule has 1 fully saturated rings. The van der Waals surface area contributed by atoms with Crippen LogP contribution < -0.4 is 5.32 Å². The highest BCUT2D eigenvalue weighted by Gasteiger charge is 2.12. The fourth-order valence-electron chi connectivity index (χ4n) is 1.41. The normalized spacial score (nSPS) is 23.9. The first-order chi connectivity index (χ1) is 5.79. The van der Waals surface area contributed by atoms with Crippen LogP contribution >= 0.6 is 0 Å². The van der Waals surface area contributed by atoms with Crippen LogP contribution in [0.3, 0.4) is 0 Å². The number of nitrogens with one attached hydrogen (secondary N) is 1. The standard InChI is InChI=1S/C10H19NO/c1-9(2)7-11-8-10-5-3-4-6-12-10/h10-11H,1,3-8H2,2H3. The Balaban J connectivity index is 2.01. The van der Waals surface area contributed by atoms with Crippen molar-refractivity contribution in [3.63, 3.8) is 0 Å². The highest BCUT2D eigenvalue weighted by Crippen LogP contribution is 2.11. The first kappa shape index (κ1) is 9.75. The zero-order valence-electron chi connectivity index (χ0n) is 7.94. The van der Waals surface area contributed by atoms with Gasteiger partial charge >= 0.3 is 0 Å². The second kappa shape index (κ2) is 5.33. The first-order valence-corrected chi connectivity index (χ1v) is 4.76. The second-order valence-corrected chi connectivity index (χ2v) is 3.58. The smallest absolute Gasteiger partial charge is 0.0699 e. The Hall–Kier alpha value is -0.340. The maximum Gasteiger partial charge on any atom is 0.0699 e. The third kappa shape index (κ3) is 3.88. The molecular formula is C10H19NO. The van der Waals surface area contributed by atoms with Crippen LogP contribution in [0.2, 0.25) is 0 Å². The zero-order chi connectivity index (χ0) is 8.81. The van der Waals surface area contributed by atoms with Crippen LogP contribution in [-0.4, -0.2) is 25.8 Å². The molecule has 0 spiro atoms. The van der Waals surface area contributed by atoms with Crippen LogP contribution in [0, 0.1) is 0 Å². The molecule has 1 N–H and O–H groups in total. The highest BCUT2D eigenvalue weighted by atomic mass is 16.5. The van der Waals surface area contributed by atoms with Crippen molar-refractivity contribution in [2.75, 3.05) is 19.7 Å². The minimum Gasteiger partial charge on any atom is -0.377 e. The zero-order valence-corrected chi connectivity index (χ0v) is 7.94. The second-order valence-electron chi connectivity index (χ2n) is 3.58. The largest absolute Gasteiger partial charge is 0.377 e. The Labute approximate surface area is 75.0 Å². The van der Waals surface area contributed by atoms with Gasteiger partial charge in [0.25, 0.3) is 0 Å². The van der Waals surface area contributed by atoms with Crippen molar-refractivity contribution in [2.24, 2.45) is 0 Å². The van der Waals surface area contributed by atoms with Gasteiger partial charge in [0.1, 0.15) is 0 Å². The minimum atomic E-state index is 0.443. The molecule has 0 amide bonds. The van der Waals surface area contributed by atoms with Crippen molar-refractivity contribution < 1.29 is 4.74 Å². The first-order valence-electron chi connectivity index (χ1n) is 4.76. The van der Waals surface area contributed by atoms with Gasteiger partial charge in [-0.1, -0.05) is 12.2 Å². The molecule has 0 aromatic rings. The molecule has 0 aromatic heterocycles. The van der Waals surface area contributed by atoms with Gasteiger partial charge in [0.15, 0.2) is 0 Å². The molecule has 1 rings (SSSR count). The number of hydrogen-bond acceptors (Lipinski definition) is 2. The number of rotatable bonds is 4. The molecule has 0 aliphatic carbocycles. The summed E-state index contributed by atoms with van der Waals surface area (Å²) in [6.45, 7) is 8.71. The van der Waals surface area contributed by atoms with Crippen LogP contribution in [0.4, 0.5) is 0 Å². The molecule has 12 heavy (non-hydrogen) atoms. The Kier molecular flexibility index (Phi) is 4.33. The van der Waals surface area contributed by atoms with Crippen molar-refractivity contribution in [1.29, 1.82) is 0 Å². The Morgan fingerprint density at radius 2 is 2.42 bits per heavy atom. The maximum atomic E-state index is 5.57. The van der Waals surface area contributed by atoms with Gasteiger partial charge in [0, 0.05) is 19.7 Å². The van der Waals surface area contributed by atoms with E-state index >= 15 is 0 Å². The van der Waals surface area contributed by atoms with Crippen LogP contribution in [-0.2, 0) is 4.74 Å². The molecule has 1 unspecified atom stereocenters. The lowest BCUT2D eigenvalue weighted by Crippen LogP contribution is -2.32. The van der Waals surface area contributed by atoms with Crippen molar-refractivity contribution >= 4 is 0 Å². The summed E-state index contributed by atoms with van der Waals surface area (Å²) in [5.41, 5.74) is 1.19. The van der Waals surface area contributed by atoms with E-state index in [1.165, 1.54) is 24.8 Å². The number of hydrogen-bond donors (Lipinski definition) is 1. The van der Waals surface area contributed by atoms with E-state index in [1.807, 2.05) is 6.92 Å². The molecule has 0 aromatic carbocycles. The van der Waals surface area contributed by atoms with E-state index in [2.05, 4.69) is 11.9 Å². The average Bonchev–Trinajstić information content (AvgIpc) is 2.05. The summed E-state index contributed by atoms with van der Waals surface area (Å²) in [5.74, 6) is 0. The van der Waals surface area contributed by atoms with Gasteiger partial charge in [-0.2, -0.15) is 0 Å². The molecule has 0 bridgehead atoms. The summed E-state index contributed by atoms with van der Waals surface area (Å²) >= 11 is 0. The van der Waals surface area contributed by atoms with Gasteiger partial charge in [-0.25, -0.2) is 0 Å². The van der Waals surface area contributed by atoms with E-state index in [4.69, 9.17) is 4.74 Å². The van der Waals surface area contributed by atoms with E-state index in [-0.39, 0.29) is 0 Å². The van der Waals surface area contributed by atoms with Crippen molar-refractivity contribution in [2.45, 2.75) is 32.3 Å². The summed E-state index contributed by atoms with van der Waals surface area (Å²) in [7, 11) is 0. The van der Waals surface area contributed by atoms with Gasteiger partial charge in [-0.3, -0.25) is 0 Å². The van der Waals surface area contributed by atoms with Gasteiger partial charge in [0.2, 0.25) is 0 Å². The highest BCUT2D eigenvalue weighted by molar-refractivity contribution is 4.90. The lowest BCUT2D eigenvalue weighted by Gasteiger charge is -2.22. The van der Waals surface area contributed by atoms with Gasteiger partial charge < -0.3 is 10.1 Å². The van der Waals surface area contributed by atoms with E-state index in [1.54, 1.807) is 0 Å². The summed E-state index contributed by atoms with van der Waals surface area (Å²) in [6.07, 6.45) is 4.21. The Morgan fingerprint density at radius 3 is 3.00 bits per heavy atom. The molecule has 1 atom stereocenters. The quantitative estimate of drug-likeness (QED) is 0.647. The summed E-state index contributed by atoms with van der Waals surface area (Å²) in [5, 5.41) is 3.33. The molecule has 1 saturated heterocycles. The molecule has 2 heteroatoms. The molecule has 1 aliphatic heterocycles. The lowest BCUT2D eigenvalue weighted by molar-refractivity contribution is 0.0174.